The lowest BCUT2D eigenvalue weighted by Crippen LogP contribution is -2.08. The number of rotatable bonds is 5. The molecule has 0 saturated heterocycles. The summed E-state index contributed by atoms with van der Waals surface area (Å²) >= 11 is 1.30. The van der Waals surface area contributed by atoms with E-state index in [-0.39, 0.29) is 0 Å². The van der Waals surface area contributed by atoms with Crippen LogP contribution in [0.15, 0.2) is 30.4 Å². The molecule has 2 aromatic rings. The van der Waals surface area contributed by atoms with E-state index in [1.165, 1.54) is 11.3 Å². The number of ether oxygens (including phenoxy) is 1. The lowest BCUT2D eigenvalue weighted by atomic mass is 10.3. The summed E-state index contributed by atoms with van der Waals surface area (Å²) in [6, 6.07) is 5.46. The van der Waals surface area contributed by atoms with Gasteiger partial charge in [-0.3, -0.25) is 10.1 Å². The number of fused-ring (bicyclic) bond motifs is 1. The molecule has 0 aliphatic heterocycles. The monoisotopic (exact) mass is 292 g/mol. The second-order valence-corrected chi connectivity index (χ2v) is 4.77. The van der Waals surface area contributed by atoms with Gasteiger partial charge in [-0.05, 0) is 25.1 Å². The number of benzene rings is 1. The Hall–Kier alpha value is -2.41. The van der Waals surface area contributed by atoms with Crippen molar-refractivity contribution in [2.75, 3.05) is 11.9 Å². The van der Waals surface area contributed by atoms with Crippen LogP contribution in [0.25, 0.3) is 10.2 Å². The van der Waals surface area contributed by atoms with Gasteiger partial charge in [0.25, 0.3) is 0 Å². The van der Waals surface area contributed by atoms with E-state index in [1.807, 2.05) is 19.1 Å². The summed E-state index contributed by atoms with van der Waals surface area (Å²) in [5.74, 6) is -0.963. The van der Waals surface area contributed by atoms with Crippen LogP contribution in [0.2, 0.25) is 0 Å². The molecule has 7 heteroatoms. The first-order chi connectivity index (χ1) is 9.58. The first-order valence-electron chi connectivity index (χ1n) is 5.84. The average molecular weight is 292 g/mol. The van der Waals surface area contributed by atoms with Gasteiger partial charge < -0.3 is 9.84 Å². The van der Waals surface area contributed by atoms with Crippen LogP contribution in [0.1, 0.15) is 6.92 Å². The Labute approximate surface area is 118 Å². The van der Waals surface area contributed by atoms with Gasteiger partial charge in [-0.15, -0.1) is 0 Å². The molecule has 0 radical (unpaired) electrons. The third-order valence-electron chi connectivity index (χ3n) is 2.28. The number of aliphatic carboxylic acids is 1. The third-order valence-corrected chi connectivity index (χ3v) is 3.21. The van der Waals surface area contributed by atoms with E-state index in [2.05, 4.69) is 10.3 Å². The summed E-state index contributed by atoms with van der Waals surface area (Å²) in [6.45, 7) is 2.48. The molecule has 0 aliphatic carbocycles. The van der Waals surface area contributed by atoms with Gasteiger partial charge in [-0.2, -0.15) is 0 Å². The van der Waals surface area contributed by atoms with Gasteiger partial charge in [-0.1, -0.05) is 11.3 Å². The van der Waals surface area contributed by atoms with Crippen LogP contribution in [-0.4, -0.2) is 28.6 Å². The van der Waals surface area contributed by atoms with Gasteiger partial charge in [0.2, 0.25) is 5.91 Å². The molecule has 104 valence electrons. The molecule has 0 spiro atoms. The molecule has 1 aromatic carbocycles. The number of hydrogen-bond acceptors (Lipinski definition) is 5. The standard InChI is InChI=1S/C13H12N2O4S/c1-2-19-8-3-4-9-10(7-8)20-13(14-9)15-11(16)5-6-12(17)18/h3-7H,2H2,1H3,(H,17,18)(H,14,15,16)/b6-5+. The number of carbonyl (C=O) groups excluding carboxylic acids is 1. The lowest BCUT2D eigenvalue weighted by molar-refractivity contribution is -0.131. The number of anilines is 1. The number of hydrogen-bond donors (Lipinski definition) is 2. The maximum absolute atomic E-state index is 11.4. The molecule has 6 nitrogen and oxygen atoms in total. The second-order valence-electron chi connectivity index (χ2n) is 3.74. The Bertz CT molecular complexity index is 678. The first kappa shape index (κ1) is 14.0. The molecular formula is C13H12N2O4S. The predicted octanol–water partition coefficient (Wildman–Crippen LogP) is 2.27. The highest BCUT2D eigenvalue weighted by molar-refractivity contribution is 7.22. The zero-order valence-electron chi connectivity index (χ0n) is 10.6. The molecule has 1 heterocycles. The fourth-order valence-electron chi connectivity index (χ4n) is 1.51. The summed E-state index contributed by atoms with van der Waals surface area (Å²) in [7, 11) is 0. The maximum Gasteiger partial charge on any atom is 0.328 e. The fourth-order valence-corrected chi connectivity index (χ4v) is 2.41. The van der Waals surface area contributed by atoms with E-state index in [1.54, 1.807) is 6.07 Å². The summed E-state index contributed by atoms with van der Waals surface area (Å²) < 4.78 is 6.27. The Balaban J connectivity index is 2.15. The summed E-state index contributed by atoms with van der Waals surface area (Å²) in [4.78, 5) is 26.0. The van der Waals surface area contributed by atoms with E-state index in [0.29, 0.717) is 11.7 Å². The number of nitrogens with one attached hydrogen (secondary N) is 1. The van der Waals surface area contributed by atoms with Crippen LogP contribution < -0.4 is 10.1 Å². The van der Waals surface area contributed by atoms with Gasteiger partial charge in [0.15, 0.2) is 5.13 Å². The van der Waals surface area contributed by atoms with Gasteiger partial charge in [0.1, 0.15) is 5.75 Å². The van der Waals surface area contributed by atoms with Crippen molar-refractivity contribution in [3.05, 3.63) is 30.4 Å². The number of thiazole rings is 1. The van der Waals surface area contributed by atoms with Crippen LogP contribution >= 0.6 is 11.3 Å². The van der Waals surface area contributed by atoms with Crippen LogP contribution in [0, 0.1) is 0 Å². The van der Waals surface area contributed by atoms with Gasteiger partial charge in [-0.25, -0.2) is 9.78 Å². The zero-order chi connectivity index (χ0) is 14.5. The van der Waals surface area contributed by atoms with Crippen molar-refractivity contribution in [2.24, 2.45) is 0 Å². The van der Waals surface area contributed by atoms with Gasteiger partial charge >= 0.3 is 5.97 Å². The van der Waals surface area contributed by atoms with Crippen molar-refractivity contribution < 1.29 is 19.4 Å². The number of amides is 1. The minimum absolute atomic E-state index is 0.411. The normalized spacial score (nSPS) is 10.8. The number of carboxylic acids is 1. The number of carboxylic acid groups (broad SMARTS) is 1. The summed E-state index contributed by atoms with van der Waals surface area (Å²) in [5, 5.41) is 11.4. The highest BCUT2D eigenvalue weighted by Gasteiger charge is 2.07. The molecule has 0 aliphatic rings. The van der Waals surface area contributed by atoms with Crippen molar-refractivity contribution in [2.45, 2.75) is 6.92 Å². The summed E-state index contributed by atoms with van der Waals surface area (Å²) in [6.07, 6.45) is 1.72. The number of carbonyl (C=O) groups is 2. The highest BCUT2D eigenvalue weighted by atomic mass is 32.1. The van der Waals surface area contributed by atoms with Gasteiger partial charge in [0.05, 0.1) is 16.8 Å². The summed E-state index contributed by atoms with van der Waals surface area (Å²) in [5.41, 5.74) is 0.746. The second kappa shape index (κ2) is 6.16. The Morgan fingerprint density at radius 1 is 1.45 bits per heavy atom. The number of nitrogens with zero attached hydrogens (tertiary/aromatic N) is 1. The van der Waals surface area contributed by atoms with E-state index in [9.17, 15) is 9.59 Å². The van der Waals surface area contributed by atoms with E-state index < -0.39 is 11.9 Å². The van der Waals surface area contributed by atoms with Crippen molar-refractivity contribution in [3.63, 3.8) is 0 Å². The molecule has 1 aromatic heterocycles. The Morgan fingerprint density at radius 3 is 2.95 bits per heavy atom. The highest BCUT2D eigenvalue weighted by Crippen LogP contribution is 2.29. The smallest absolute Gasteiger partial charge is 0.328 e. The quantitative estimate of drug-likeness (QED) is 0.825. The molecule has 2 rings (SSSR count). The molecule has 0 unspecified atom stereocenters. The van der Waals surface area contributed by atoms with Crippen molar-refractivity contribution >= 4 is 38.6 Å². The first-order valence-corrected chi connectivity index (χ1v) is 6.65. The zero-order valence-corrected chi connectivity index (χ0v) is 11.4. The maximum atomic E-state index is 11.4. The van der Waals surface area contributed by atoms with Crippen LogP contribution in [0.3, 0.4) is 0 Å². The van der Waals surface area contributed by atoms with E-state index in [4.69, 9.17) is 9.84 Å². The van der Waals surface area contributed by atoms with Crippen LogP contribution in [0.5, 0.6) is 5.75 Å². The van der Waals surface area contributed by atoms with Crippen LogP contribution in [-0.2, 0) is 9.59 Å². The van der Waals surface area contributed by atoms with Gasteiger partial charge in [0, 0.05) is 12.2 Å². The molecule has 1 amide bonds. The predicted molar refractivity (Wildman–Crippen MR) is 76.2 cm³/mol. The molecule has 20 heavy (non-hydrogen) atoms. The molecule has 0 saturated carbocycles. The molecular weight excluding hydrogens is 280 g/mol. The Morgan fingerprint density at radius 2 is 2.25 bits per heavy atom. The topological polar surface area (TPSA) is 88.5 Å². The SMILES string of the molecule is CCOc1ccc2nc(NC(=O)/C=C/C(=O)O)sc2c1. The molecule has 0 fully saturated rings. The van der Waals surface area contributed by atoms with E-state index in [0.717, 1.165) is 28.1 Å². The van der Waals surface area contributed by atoms with Crippen molar-refractivity contribution in [3.8, 4) is 5.75 Å². The van der Waals surface area contributed by atoms with E-state index >= 15 is 0 Å². The van der Waals surface area contributed by atoms with Crippen LogP contribution in [0.4, 0.5) is 5.13 Å². The third kappa shape index (κ3) is 3.55. The van der Waals surface area contributed by atoms with Crippen molar-refractivity contribution in [1.29, 1.82) is 0 Å². The van der Waals surface area contributed by atoms with Crippen molar-refractivity contribution in [1.82, 2.24) is 4.98 Å². The minimum atomic E-state index is -1.18. The molecule has 0 atom stereocenters. The molecule has 0 bridgehead atoms. The average Bonchev–Trinajstić information content (AvgIpc) is 2.78. The fraction of sp³-hybridized carbons (Fsp3) is 0.154. The number of aromatic nitrogens is 1. The minimum Gasteiger partial charge on any atom is -0.494 e. The largest absolute Gasteiger partial charge is 0.494 e. The molecule has 2 N–H and O–H groups in total. The Kier molecular flexibility index (Phi) is 4.31. The lowest BCUT2D eigenvalue weighted by Gasteiger charge is -2.00.